The zero-order valence-corrected chi connectivity index (χ0v) is 13.2. The summed E-state index contributed by atoms with van der Waals surface area (Å²) in [6.07, 6.45) is 4.83. The molecule has 0 amide bonds. The number of nitriles is 1. The maximum atomic E-state index is 11.1. The van der Waals surface area contributed by atoms with Crippen molar-refractivity contribution in [2.24, 2.45) is 0 Å². The number of aromatic nitrogens is 2. The minimum atomic E-state index is -1.25. The van der Waals surface area contributed by atoms with Crippen LogP contribution in [0.4, 0.5) is 0 Å². The summed E-state index contributed by atoms with van der Waals surface area (Å²) in [5.74, 6) is -1.25. The average Bonchev–Trinajstić information content (AvgIpc) is 2.90. The second kappa shape index (κ2) is 6.57. The van der Waals surface area contributed by atoms with E-state index < -0.39 is 5.97 Å². The van der Waals surface area contributed by atoms with Gasteiger partial charge in [-0.3, -0.25) is 0 Å². The molecule has 3 aromatic rings. The Labute approximate surface area is 143 Å². The number of hydrogen-bond acceptors (Lipinski definition) is 3. The lowest BCUT2D eigenvalue weighted by molar-refractivity contribution is -0.132. The first-order chi connectivity index (χ1) is 11.6. The first-order valence-electron chi connectivity index (χ1n) is 7.12. The highest BCUT2D eigenvalue weighted by molar-refractivity contribution is 6.30. The average molecular weight is 338 g/mol. The van der Waals surface area contributed by atoms with E-state index >= 15 is 0 Å². The number of aliphatic carboxylic acids is 1. The Bertz CT molecular complexity index is 999. The fourth-order valence-corrected chi connectivity index (χ4v) is 2.73. The summed E-state index contributed by atoms with van der Waals surface area (Å²) in [5.41, 5.74) is 2.03. The van der Waals surface area contributed by atoms with Gasteiger partial charge in [0, 0.05) is 34.9 Å². The monoisotopic (exact) mass is 337 g/mol. The molecule has 0 aliphatic heterocycles. The van der Waals surface area contributed by atoms with Gasteiger partial charge in [0.2, 0.25) is 0 Å². The number of rotatable bonds is 4. The van der Waals surface area contributed by atoms with Crippen LogP contribution in [0.25, 0.3) is 17.1 Å². The fraction of sp³-hybridized carbons (Fsp3) is 0.0556. The van der Waals surface area contributed by atoms with Crippen LogP contribution < -0.4 is 0 Å². The Morgan fingerprint density at radius 1 is 1.38 bits per heavy atom. The highest BCUT2D eigenvalue weighted by atomic mass is 35.5. The fourth-order valence-electron chi connectivity index (χ4n) is 2.51. The lowest BCUT2D eigenvalue weighted by Crippen LogP contribution is -1.99. The molecule has 0 aliphatic carbocycles. The minimum absolute atomic E-state index is 0.319. The van der Waals surface area contributed by atoms with E-state index in [0.717, 1.165) is 10.9 Å². The highest BCUT2D eigenvalue weighted by Crippen LogP contribution is 2.23. The third-order valence-corrected chi connectivity index (χ3v) is 3.79. The van der Waals surface area contributed by atoms with Crippen molar-refractivity contribution in [2.45, 2.75) is 6.54 Å². The van der Waals surface area contributed by atoms with Crippen LogP contribution >= 0.6 is 11.6 Å². The van der Waals surface area contributed by atoms with E-state index in [1.807, 2.05) is 28.8 Å². The molecule has 6 heteroatoms. The molecule has 0 aliphatic rings. The number of pyridine rings is 1. The predicted octanol–water partition coefficient (Wildman–Crippen LogP) is 3.73. The van der Waals surface area contributed by atoms with Crippen molar-refractivity contribution in [2.75, 3.05) is 0 Å². The van der Waals surface area contributed by atoms with E-state index in [1.165, 1.54) is 6.08 Å². The van der Waals surface area contributed by atoms with Crippen LogP contribution in [0.1, 0.15) is 11.1 Å². The smallest absolute Gasteiger partial charge is 0.346 e. The zero-order chi connectivity index (χ0) is 17.1. The van der Waals surface area contributed by atoms with Gasteiger partial charge in [-0.15, -0.1) is 0 Å². The van der Waals surface area contributed by atoms with Crippen molar-refractivity contribution in [1.29, 1.82) is 5.26 Å². The van der Waals surface area contributed by atoms with Gasteiger partial charge in [0.25, 0.3) is 0 Å². The van der Waals surface area contributed by atoms with Gasteiger partial charge in [-0.2, -0.15) is 5.26 Å². The molecule has 1 N–H and O–H groups in total. The lowest BCUT2D eigenvalue weighted by atomic mass is 10.1. The number of benzene rings is 1. The van der Waals surface area contributed by atoms with E-state index in [1.54, 1.807) is 30.6 Å². The number of halogens is 1. The molecule has 1 aromatic carbocycles. The molecule has 0 atom stereocenters. The van der Waals surface area contributed by atoms with Crippen LogP contribution in [0, 0.1) is 11.3 Å². The normalized spacial score (nSPS) is 11.4. The molecular formula is C18H12ClN3O2. The quantitative estimate of drug-likeness (QED) is 0.581. The number of nitrogens with zero attached hydrogens (tertiary/aromatic N) is 3. The van der Waals surface area contributed by atoms with E-state index in [-0.39, 0.29) is 5.57 Å². The third-order valence-electron chi connectivity index (χ3n) is 3.56. The van der Waals surface area contributed by atoms with Gasteiger partial charge in [0.15, 0.2) is 0 Å². The van der Waals surface area contributed by atoms with Crippen molar-refractivity contribution < 1.29 is 9.90 Å². The van der Waals surface area contributed by atoms with Crippen molar-refractivity contribution >= 4 is 34.7 Å². The number of hydrogen-bond donors (Lipinski definition) is 1. The molecule has 0 spiro atoms. The van der Waals surface area contributed by atoms with Gasteiger partial charge >= 0.3 is 5.97 Å². The maximum Gasteiger partial charge on any atom is 0.346 e. The van der Waals surface area contributed by atoms with Gasteiger partial charge in [-0.1, -0.05) is 23.7 Å². The SMILES string of the molecule is N#C/C(=C\c1cn(Cc2cccc(Cl)c2)c2ncccc12)C(=O)O. The Hall–Kier alpha value is -3.10. The zero-order valence-electron chi connectivity index (χ0n) is 12.5. The maximum absolute atomic E-state index is 11.1. The Kier molecular flexibility index (Phi) is 4.32. The standard InChI is InChI=1S/C18H12ClN3O2/c19-15-4-1-3-12(7-15)10-22-11-14(8-13(9-20)18(23)24)16-5-2-6-21-17(16)22/h1-8,11H,10H2,(H,23,24)/b13-8+. The number of carbonyl (C=O) groups is 1. The van der Waals surface area contributed by atoms with Crippen LogP contribution in [0.2, 0.25) is 5.02 Å². The molecule has 3 rings (SSSR count). The number of carboxylic acids is 1. The molecule has 0 bridgehead atoms. The third kappa shape index (κ3) is 3.14. The molecule has 0 saturated carbocycles. The van der Waals surface area contributed by atoms with Crippen LogP contribution in [0.3, 0.4) is 0 Å². The molecule has 0 fully saturated rings. The van der Waals surface area contributed by atoms with Crippen LogP contribution in [-0.2, 0) is 11.3 Å². The van der Waals surface area contributed by atoms with Crippen LogP contribution in [0.15, 0.2) is 54.4 Å². The summed E-state index contributed by atoms with van der Waals surface area (Å²) in [6.45, 7) is 0.539. The van der Waals surface area contributed by atoms with Crippen LogP contribution in [0.5, 0.6) is 0 Å². The summed E-state index contributed by atoms with van der Waals surface area (Å²) in [7, 11) is 0. The van der Waals surface area contributed by atoms with Gasteiger partial charge in [-0.25, -0.2) is 9.78 Å². The van der Waals surface area contributed by atoms with E-state index in [9.17, 15) is 4.79 Å². The molecule has 5 nitrogen and oxygen atoms in total. The van der Waals surface area contributed by atoms with Gasteiger partial charge in [0.05, 0.1) is 0 Å². The Morgan fingerprint density at radius 3 is 2.92 bits per heavy atom. The lowest BCUT2D eigenvalue weighted by Gasteiger charge is -2.05. The second-order valence-electron chi connectivity index (χ2n) is 5.19. The second-order valence-corrected chi connectivity index (χ2v) is 5.63. The number of fused-ring (bicyclic) bond motifs is 1. The van der Waals surface area contributed by atoms with E-state index in [0.29, 0.717) is 22.8 Å². The summed E-state index contributed by atoms with van der Waals surface area (Å²) in [4.78, 5) is 15.4. The Balaban J connectivity index is 2.10. The minimum Gasteiger partial charge on any atom is -0.477 e. The van der Waals surface area contributed by atoms with Gasteiger partial charge < -0.3 is 9.67 Å². The molecule has 0 unspecified atom stereocenters. The topological polar surface area (TPSA) is 78.9 Å². The molecule has 0 saturated heterocycles. The molecule has 0 radical (unpaired) electrons. The first kappa shape index (κ1) is 15.8. The van der Waals surface area contributed by atoms with Crippen molar-refractivity contribution in [3.8, 4) is 6.07 Å². The van der Waals surface area contributed by atoms with Gasteiger partial charge in [-0.05, 0) is 35.9 Å². The summed E-state index contributed by atoms with van der Waals surface area (Å²) < 4.78 is 1.91. The number of carboxylic acid groups (broad SMARTS) is 1. The largest absolute Gasteiger partial charge is 0.477 e. The van der Waals surface area contributed by atoms with Crippen molar-refractivity contribution in [3.63, 3.8) is 0 Å². The molecule has 2 aromatic heterocycles. The molecule has 24 heavy (non-hydrogen) atoms. The predicted molar refractivity (Wildman–Crippen MR) is 91.5 cm³/mol. The van der Waals surface area contributed by atoms with Crippen molar-refractivity contribution in [3.05, 3.63) is 70.5 Å². The van der Waals surface area contributed by atoms with E-state index in [2.05, 4.69) is 4.98 Å². The Morgan fingerprint density at radius 2 is 2.21 bits per heavy atom. The molecule has 2 heterocycles. The van der Waals surface area contributed by atoms with E-state index in [4.69, 9.17) is 22.0 Å². The highest BCUT2D eigenvalue weighted by Gasteiger charge is 2.12. The first-order valence-corrected chi connectivity index (χ1v) is 7.49. The summed E-state index contributed by atoms with van der Waals surface area (Å²) in [5, 5.41) is 19.5. The van der Waals surface area contributed by atoms with Gasteiger partial charge in [0.1, 0.15) is 17.3 Å². The van der Waals surface area contributed by atoms with Crippen LogP contribution in [-0.4, -0.2) is 20.6 Å². The summed E-state index contributed by atoms with van der Waals surface area (Å²) >= 11 is 6.02. The van der Waals surface area contributed by atoms with Crippen molar-refractivity contribution in [1.82, 2.24) is 9.55 Å². The molecule has 118 valence electrons. The molecular weight excluding hydrogens is 326 g/mol. The summed E-state index contributed by atoms with van der Waals surface area (Å²) in [6, 6.07) is 12.8.